The molecule has 4 heterocycles. The van der Waals surface area contributed by atoms with Gasteiger partial charge in [0.1, 0.15) is 16.7 Å². The van der Waals surface area contributed by atoms with Crippen LogP contribution in [0.4, 0.5) is 11.4 Å². The van der Waals surface area contributed by atoms with Gasteiger partial charge in [0.05, 0.1) is 18.1 Å². The molecule has 0 aromatic heterocycles. The first kappa shape index (κ1) is 23.2. The number of amides is 2. The highest BCUT2D eigenvalue weighted by atomic mass is 16.5. The van der Waals surface area contributed by atoms with Gasteiger partial charge in [0.15, 0.2) is 5.78 Å². The van der Waals surface area contributed by atoms with E-state index in [0.717, 1.165) is 24.0 Å². The largest absolute Gasteiger partial charge is 0.493 e. The van der Waals surface area contributed by atoms with Crippen LogP contribution in [0.2, 0.25) is 0 Å². The molecule has 0 bridgehead atoms. The fraction of sp³-hybridized carbons (Fsp3) is 0.323. The third-order valence-corrected chi connectivity index (χ3v) is 8.99. The number of Topliss-reactive ketones (excluding diaryl/α,β-unsaturated/α-hetero) is 1. The van der Waals surface area contributed by atoms with E-state index < -0.39 is 16.9 Å². The Morgan fingerprint density at radius 2 is 1.71 bits per heavy atom. The number of aryl methyl sites for hydroxylation is 1. The summed E-state index contributed by atoms with van der Waals surface area (Å²) in [5.74, 6) is -0.995. The number of rotatable bonds is 4. The number of hydrogen-bond acceptors (Lipinski definition) is 5. The number of ether oxygens (including phenoxy) is 1. The van der Waals surface area contributed by atoms with E-state index in [4.69, 9.17) is 4.74 Å². The number of hydrogen-bond donors (Lipinski definition) is 2. The van der Waals surface area contributed by atoms with Crippen molar-refractivity contribution in [1.29, 1.82) is 0 Å². The third-order valence-electron chi connectivity index (χ3n) is 8.99. The van der Waals surface area contributed by atoms with Crippen molar-refractivity contribution in [2.24, 2.45) is 5.92 Å². The third kappa shape index (κ3) is 2.59. The van der Waals surface area contributed by atoms with Gasteiger partial charge in [-0.3, -0.25) is 19.3 Å². The molecule has 7 rings (SSSR count). The molecule has 3 aromatic carbocycles. The van der Waals surface area contributed by atoms with Gasteiger partial charge in [0.25, 0.3) is 5.91 Å². The van der Waals surface area contributed by atoms with Crippen molar-refractivity contribution in [1.82, 2.24) is 4.90 Å². The highest BCUT2D eigenvalue weighted by Crippen LogP contribution is 2.68. The highest BCUT2D eigenvalue weighted by Gasteiger charge is 2.81. The molecule has 2 amide bonds. The van der Waals surface area contributed by atoms with Crippen molar-refractivity contribution in [3.63, 3.8) is 0 Å². The lowest BCUT2D eigenvalue weighted by Gasteiger charge is -2.43. The zero-order valence-corrected chi connectivity index (χ0v) is 21.4. The van der Waals surface area contributed by atoms with E-state index in [1.165, 1.54) is 0 Å². The van der Waals surface area contributed by atoms with Gasteiger partial charge in [0.2, 0.25) is 5.91 Å². The molecule has 4 aliphatic rings. The summed E-state index contributed by atoms with van der Waals surface area (Å²) in [5, 5.41) is 6.19. The maximum atomic E-state index is 14.8. The number of ketones is 1. The van der Waals surface area contributed by atoms with Gasteiger partial charge < -0.3 is 15.4 Å². The first-order chi connectivity index (χ1) is 18.5. The van der Waals surface area contributed by atoms with E-state index in [1.807, 2.05) is 68.4 Å². The molecule has 7 heteroatoms. The summed E-state index contributed by atoms with van der Waals surface area (Å²) >= 11 is 0. The lowest BCUT2D eigenvalue weighted by molar-refractivity contribution is -0.137. The minimum Gasteiger partial charge on any atom is -0.493 e. The number of carbonyl (C=O) groups excluding carboxylic acids is 3. The van der Waals surface area contributed by atoms with E-state index >= 15 is 0 Å². The highest BCUT2D eigenvalue weighted by molar-refractivity contribution is 6.21. The van der Waals surface area contributed by atoms with E-state index in [1.54, 1.807) is 12.1 Å². The number of fused-ring (bicyclic) bond motifs is 7. The van der Waals surface area contributed by atoms with Gasteiger partial charge >= 0.3 is 0 Å². The van der Waals surface area contributed by atoms with Gasteiger partial charge in [-0.2, -0.15) is 0 Å². The van der Waals surface area contributed by atoms with Gasteiger partial charge in [-0.1, -0.05) is 48.0 Å². The lowest BCUT2D eigenvalue weighted by Crippen LogP contribution is -2.62. The maximum absolute atomic E-state index is 14.8. The Morgan fingerprint density at radius 1 is 0.974 bits per heavy atom. The Balaban J connectivity index is 1.58. The van der Waals surface area contributed by atoms with Crippen LogP contribution in [0.25, 0.3) is 0 Å². The molecule has 4 aliphatic heterocycles. The zero-order chi connectivity index (χ0) is 26.2. The van der Waals surface area contributed by atoms with Crippen LogP contribution in [0.1, 0.15) is 46.8 Å². The second-order valence-corrected chi connectivity index (χ2v) is 10.7. The SMILES string of the molecule is CCOc1ccccc1C(=O)[C@@H]1[C@H]2CCCN2[C@@]2(C(=O)Nc3ccc(C)cc32)[C@]12C(=O)Nc1ccccc12. The van der Waals surface area contributed by atoms with E-state index in [2.05, 4.69) is 15.5 Å². The van der Waals surface area contributed by atoms with Crippen LogP contribution in [0.5, 0.6) is 5.75 Å². The minimum absolute atomic E-state index is 0.163. The molecule has 7 nitrogen and oxygen atoms in total. The molecule has 0 radical (unpaired) electrons. The molecule has 0 saturated carbocycles. The monoisotopic (exact) mass is 507 g/mol. The Bertz CT molecular complexity index is 1530. The topological polar surface area (TPSA) is 87.7 Å². The van der Waals surface area contributed by atoms with Crippen LogP contribution in [-0.2, 0) is 20.5 Å². The minimum atomic E-state index is -1.45. The summed E-state index contributed by atoms with van der Waals surface area (Å²) in [5.41, 5.74) is 1.47. The normalized spacial score (nSPS) is 28.8. The van der Waals surface area contributed by atoms with E-state index in [0.29, 0.717) is 41.4 Å². The molecule has 0 aliphatic carbocycles. The average Bonchev–Trinajstić information content (AvgIpc) is 3.63. The first-order valence-corrected chi connectivity index (χ1v) is 13.3. The van der Waals surface area contributed by atoms with Crippen molar-refractivity contribution in [2.75, 3.05) is 23.8 Å². The zero-order valence-electron chi connectivity index (χ0n) is 21.4. The molecular formula is C31H29N3O4. The van der Waals surface area contributed by atoms with Gasteiger partial charge in [-0.05, 0) is 63.1 Å². The van der Waals surface area contributed by atoms with Gasteiger partial charge in [0, 0.05) is 23.0 Å². The lowest BCUT2D eigenvalue weighted by atomic mass is 9.57. The molecule has 3 aromatic rings. The molecule has 2 saturated heterocycles. The Kier molecular flexibility index (Phi) is 4.89. The number of anilines is 2. The molecule has 2 fully saturated rings. The molecular weight excluding hydrogens is 478 g/mol. The summed E-state index contributed by atoms with van der Waals surface area (Å²) in [6.45, 7) is 4.91. The van der Waals surface area contributed by atoms with Gasteiger partial charge in [-0.25, -0.2) is 0 Å². The predicted octanol–water partition coefficient (Wildman–Crippen LogP) is 4.41. The van der Waals surface area contributed by atoms with E-state index in [-0.39, 0.29) is 23.6 Å². The van der Waals surface area contributed by atoms with Crippen LogP contribution in [-0.4, -0.2) is 41.7 Å². The second kappa shape index (κ2) is 8.01. The number of benzene rings is 3. The first-order valence-electron chi connectivity index (χ1n) is 13.3. The average molecular weight is 508 g/mol. The molecule has 2 spiro atoms. The molecule has 4 atom stereocenters. The number of carbonyl (C=O) groups is 3. The smallest absolute Gasteiger partial charge is 0.251 e. The summed E-state index contributed by atoms with van der Waals surface area (Å²) in [7, 11) is 0. The molecule has 0 unspecified atom stereocenters. The van der Waals surface area contributed by atoms with Crippen molar-refractivity contribution in [3.8, 4) is 5.75 Å². The van der Waals surface area contributed by atoms with Crippen LogP contribution in [0.15, 0.2) is 66.7 Å². The molecule has 192 valence electrons. The Morgan fingerprint density at radius 3 is 2.55 bits per heavy atom. The predicted molar refractivity (Wildman–Crippen MR) is 143 cm³/mol. The summed E-state index contributed by atoms with van der Waals surface area (Å²) < 4.78 is 5.87. The number of nitrogens with one attached hydrogen (secondary N) is 2. The van der Waals surface area contributed by atoms with E-state index in [9.17, 15) is 14.4 Å². The van der Waals surface area contributed by atoms with Crippen LogP contribution >= 0.6 is 0 Å². The standard InChI is InChI=1S/C31H29N3O4/c1-3-38-25-13-7-4-9-19(25)27(35)26-24-12-8-16-34(24)31(21-17-18(2)14-15-23(21)33-29(31)37)30(26)20-10-5-6-11-22(20)32-28(30)36/h4-7,9-11,13-15,17,24,26H,3,8,12,16H2,1-2H3,(H,32,36)(H,33,37)/t24-,26+,30+,31+/m1/s1. The van der Waals surface area contributed by atoms with Crippen LogP contribution in [0, 0.1) is 12.8 Å². The summed E-state index contributed by atoms with van der Waals surface area (Å²) in [6, 6.07) is 20.4. The Labute approximate surface area is 221 Å². The molecule has 38 heavy (non-hydrogen) atoms. The number of nitrogens with zero attached hydrogens (tertiary/aromatic N) is 1. The fourth-order valence-electron chi connectivity index (χ4n) is 7.81. The summed E-state index contributed by atoms with van der Waals surface area (Å²) in [6.07, 6.45) is 1.57. The quantitative estimate of drug-likeness (QED) is 0.511. The van der Waals surface area contributed by atoms with Crippen LogP contribution < -0.4 is 15.4 Å². The number of para-hydroxylation sites is 2. The van der Waals surface area contributed by atoms with Crippen LogP contribution in [0.3, 0.4) is 0 Å². The Hall–Kier alpha value is -3.97. The second-order valence-electron chi connectivity index (χ2n) is 10.7. The van der Waals surface area contributed by atoms with Crippen molar-refractivity contribution < 1.29 is 19.1 Å². The summed E-state index contributed by atoms with van der Waals surface area (Å²) in [4.78, 5) is 46.0. The van der Waals surface area contributed by atoms with Crippen molar-refractivity contribution in [3.05, 3.63) is 89.0 Å². The molecule has 2 N–H and O–H groups in total. The van der Waals surface area contributed by atoms with Crippen molar-refractivity contribution in [2.45, 2.75) is 43.7 Å². The fourth-order valence-corrected chi connectivity index (χ4v) is 7.81. The maximum Gasteiger partial charge on any atom is 0.251 e. The van der Waals surface area contributed by atoms with Crippen molar-refractivity contribution >= 4 is 29.0 Å². The van der Waals surface area contributed by atoms with Gasteiger partial charge in [-0.15, -0.1) is 0 Å².